The van der Waals surface area contributed by atoms with Gasteiger partial charge in [-0.1, -0.05) is 18.9 Å². The first kappa shape index (κ1) is 22.0. The number of rotatable bonds is 7. The van der Waals surface area contributed by atoms with Crippen molar-refractivity contribution in [2.75, 3.05) is 44.4 Å². The Kier molecular flexibility index (Phi) is 6.61. The van der Waals surface area contributed by atoms with Gasteiger partial charge in [-0.15, -0.1) is 0 Å². The fourth-order valence-electron chi connectivity index (χ4n) is 6.16. The van der Waals surface area contributed by atoms with E-state index in [1.54, 1.807) is 0 Å². The van der Waals surface area contributed by atoms with Gasteiger partial charge >= 0.3 is 0 Å². The number of fused-ring (bicyclic) bond motifs is 1. The highest BCUT2D eigenvalue weighted by Crippen LogP contribution is 2.41. The van der Waals surface area contributed by atoms with Crippen LogP contribution in [0.15, 0.2) is 18.2 Å². The quantitative estimate of drug-likeness (QED) is 0.689. The first-order valence-corrected chi connectivity index (χ1v) is 12.7. The maximum absolute atomic E-state index is 12.6. The Labute approximate surface area is 191 Å². The Hall–Kier alpha value is -1.79. The fraction of sp³-hybridized carbons (Fsp3) is 0.731. The molecule has 2 saturated carbocycles. The number of benzene rings is 1. The first-order valence-electron chi connectivity index (χ1n) is 12.7. The molecule has 1 saturated heterocycles. The summed E-state index contributed by atoms with van der Waals surface area (Å²) < 4.78 is 11.2. The van der Waals surface area contributed by atoms with Crippen LogP contribution in [0.5, 0.6) is 11.5 Å². The van der Waals surface area contributed by atoms with Gasteiger partial charge in [-0.2, -0.15) is 0 Å². The van der Waals surface area contributed by atoms with Crippen LogP contribution in [0.4, 0.5) is 5.69 Å². The van der Waals surface area contributed by atoms with E-state index in [0.717, 1.165) is 75.0 Å². The number of ketones is 1. The maximum Gasteiger partial charge on any atom is 0.231 e. The second-order valence-electron chi connectivity index (χ2n) is 10.4. The Balaban J connectivity index is 1.01. The normalized spacial score (nSPS) is 27.6. The van der Waals surface area contributed by atoms with Gasteiger partial charge in [-0.25, -0.2) is 0 Å². The molecule has 0 radical (unpaired) electrons. The number of para-hydroxylation sites is 1. The average molecular weight is 443 g/mol. The average Bonchev–Trinajstić information content (AvgIpc) is 3.49. The topological polar surface area (TPSA) is 62.2 Å². The molecular weight excluding hydrogens is 404 g/mol. The third kappa shape index (κ3) is 4.76. The van der Waals surface area contributed by atoms with Gasteiger partial charge in [0.2, 0.25) is 6.79 Å². The van der Waals surface area contributed by atoms with Gasteiger partial charge in [-0.3, -0.25) is 9.69 Å². The zero-order valence-corrected chi connectivity index (χ0v) is 19.3. The molecule has 0 unspecified atom stereocenters. The van der Waals surface area contributed by atoms with Gasteiger partial charge in [-0.05, 0) is 75.5 Å². The second kappa shape index (κ2) is 9.60. The van der Waals surface area contributed by atoms with Crippen molar-refractivity contribution in [3.8, 4) is 11.5 Å². The van der Waals surface area contributed by atoms with E-state index in [4.69, 9.17) is 9.47 Å². The van der Waals surface area contributed by atoms with Crippen LogP contribution in [0.1, 0.15) is 64.2 Å². The van der Waals surface area contributed by atoms with E-state index < -0.39 is 5.60 Å². The SMILES string of the molecule is O=C(CC1CCC(CCN2CCN(c3cccc4c3OCO4)CC2)CC1)C1(O)CCCC1. The van der Waals surface area contributed by atoms with Crippen molar-refractivity contribution in [2.45, 2.75) is 69.8 Å². The first-order chi connectivity index (χ1) is 15.6. The molecule has 32 heavy (non-hydrogen) atoms. The lowest BCUT2D eigenvalue weighted by molar-refractivity contribution is -0.138. The second-order valence-corrected chi connectivity index (χ2v) is 10.4. The molecule has 0 aromatic heterocycles. The summed E-state index contributed by atoms with van der Waals surface area (Å²) in [4.78, 5) is 17.6. The summed E-state index contributed by atoms with van der Waals surface area (Å²) in [5.41, 5.74) is 0.174. The largest absolute Gasteiger partial charge is 0.454 e. The Morgan fingerprint density at radius 3 is 2.47 bits per heavy atom. The summed E-state index contributed by atoms with van der Waals surface area (Å²) in [6.45, 7) is 5.73. The number of aliphatic hydroxyl groups is 1. The molecule has 0 spiro atoms. The number of anilines is 1. The van der Waals surface area contributed by atoms with Crippen LogP contribution in [0, 0.1) is 11.8 Å². The smallest absolute Gasteiger partial charge is 0.231 e. The highest BCUT2D eigenvalue weighted by atomic mass is 16.7. The lowest BCUT2D eigenvalue weighted by atomic mass is 9.77. The molecule has 6 heteroatoms. The summed E-state index contributed by atoms with van der Waals surface area (Å²) in [5.74, 6) is 3.16. The van der Waals surface area contributed by atoms with E-state index >= 15 is 0 Å². The molecule has 1 aromatic rings. The van der Waals surface area contributed by atoms with Gasteiger partial charge in [0.15, 0.2) is 17.3 Å². The molecule has 0 bridgehead atoms. The molecule has 2 aliphatic heterocycles. The van der Waals surface area contributed by atoms with Gasteiger partial charge in [0.05, 0.1) is 5.69 Å². The number of hydrogen-bond acceptors (Lipinski definition) is 6. The molecular formula is C26H38N2O4. The number of hydrogen-bond donors (Lipinski definition) is 1. The van der Waals surface area contributed by atoms with Crippen LogP contribution in [0.2, 0.25) is 0 Å². The van der Waals surface area contributed by atoms with Crippen LogP contribution in [-0.2, 0) is 4.79 Å². The van der Waals surface area contributed by atoms with Gasteiger partial charge in [0.25, 0.3) is 0 Å². The number of carbonyl (C=O) groups is 1. The third-order valence-electron chi connectivity index (χ3n) is 8.33. The molecule has 3 fully saturated rings. The molecule has 6 nitrogen and oxygen atoms in total. The zero-order valence-electron chi connectivity index (χ0n) is 19.3. The van der Waals surface area contributed by atoms with Crippen LogP contribution in [0.3, 0.4) is 0 Å². The lowest BCUT2D eigenvalue weighted by Crippen LogP contribution is -2.47. The standard InChI is InChI=1S/C26H38N2O4/c29-24(26(30)11-1-2-12-26)18-21-8-6-20(7-9-21)10-13-27-14-16-28(17-15-27)22-4-3-5-23-25(22)32-19-31-23/h3-5,20-21,30H,1-2,6-19H2. The van der Waals surface area contributed by atoms with Crippen LogP contribution >= 0.6 is 0 Å². The molecule has 4 aliphatic rings. The van der Waals surface area contributed by atoms with E-state index in [1.165, 1.54) is 25.8 Å². The molecule has 2 aliphatic carbocycles. The molecule has 2 heterocycles. The monoisotopic (exact) mass is 442 g/mol. The zero-order chi connectivity index (χ0) is 22.0. The van der Waals surface area contributed by atoms with Crippen molar-refractivity contribution in [1.29, 1.82) is 0 Å². The minimum atomic E-state index is -0.988. The molecule has 1 N–H and O–H groups in total. The Morgan fingerprint density at radius 2 is 1.72 bits per heavy atom. The van der Waals surface area contributed by atoms with Crippen molar-refractivity contribution in [2.24, 2.45) is 11.8 Å². The van der Waals surface area contributed by atoms with Crippen molar-refractivity contribution in [3.63, 3.8) is 0 Å². The van der Waals surface area contributed by atoms with E-state index in [0.29, 0.717) is 32.0 Å². The van der Waals surface area contributed by atoms with Gasteiger partial charge < -0.3 is 19.5 Å². The maximum atomic E-state index is 12.6. The van der Waals surface area contributed by atoms with E-state index in [-0.39, 0.29) is 5.78 Å². The predicted molar refractivity (Wildman–Crippen MR) is 124 cm³/mol. The molecule has 0 atom stereocenters. The van der Waals surface area contributed by atoms with Gasteiger partial charge in [0, 0.05) is 32.6 Å². The van der Waals surface area contributed by atoms with Crippen molar-refractivity contribution in [1.82, 2.24) is 4.90 Å². The summed E-state index contributed by atoms with van der Waals surface area (Å²) in [7, 11) is 0. The third-order valence-corrected chi connectivity index (χ3v) is 8.33. The number of nitrogens with zero attached hydrogens (tertiary/aromatic N) is 2. The minimum absolute atomic E-state index is 0.123. The van der Waals surface area contributed by atoms with E-state index in [9.17, 15) is 9.90 Å². The van der Waals surface area contributed by atoms with E-state index in [2.05, 4.69) is 15.9 Å². The van der Waals surface area contributed by atoms with Crippen molar-refractivity contribution in [3.05, 3.63) is 18.2 Å². The predicted octanol–water partition coefficient (Wildman–Crippen LogP) is 4.00. The Morgan fingerprint density at radius 1 is 1.00 bits per heavy atom. The molecule has 0 amide bonds. The van der Waals surface area contributed by atoms with Crippen molar-refractivity contribution >= 4 is 11.5 Å². The van der Waals surface area contributed by atoms with E-state index in [1.807, 2.05) is 12.1 Å². The summed E-state index contributed by atoms with van der Waals surface area (Å²) in [6, 6.07) is 6.16. The molecule has 176 valence electrons. The fourth-order valence-corrected chi connectivity index (χ4v) is 6.16. The number of Topliss-reactive ketones (excluding diaryl/α,β-unsaturated/α-hetero) is 1. The van der Waals surface area contributed by atoms with Crippen LogP contribution < -0.4 is 14.4 Å². The Bertz CT molecular complexity index is 791. The number of ether oxygens (including phenoxy) is 2. The van der Waals surface area contributed by atoms with Crippen LogP contribution in [-0.4, -0.2) is 60.9 Å². The van der Waals surface area contributed by atoms with Crippen molar-refractivity contribution < 1.29 is 19.4 Å². The number of carbonyl (C=O) groups excluding carboxylic acids is 1. The number of piperazine rings is 1. The summed E-state index contributed by atoms with van der Waals surface area (Å²) in [6.07, 6.45) is 10.0. The highest BCUT2D eigenvalue weighted by Gasteiger charge is 2.39. The highest BCUT2D eigenvalue weighted by molar-refractivity contribution is 5.87. The summed E-state index contributed by atoms with van der Waals surface area (Å²) in [5, 5.41) is 10.5. The molecule has 5 rings (SSSR count). The summed E-state index contributed by atoms with van der Waals surface area (Å²) >= 11 is 0. The minimum Gasteiger partial charge on any atom is -0.454 e. The lowest BCUT2D eigenvalue weighted by Gasteiger charge is -2.37. The molecule has 1 aromatic carbocycles. The van der Waals surface area contributed by atoms with Crippen LogP contribution in [0.25, 0.3) is 0 Å². The van der Waals surface area contributed by atoms with Gasteiger partial charge in [0.1, 0.15) is 5.60 Å².